The van der Waals surface area contributed by atoms with Crippen molar-refractivity contribution in [1.29, 1.82) is 0 Å². The van der Waals surface area contributed by atoms with Crippen molar-refractivity contribution >= 4 is 5.97 Å². The molecule has 0 aromatic heterocycles. The van der Waals surface area contributed by atoms with Crippen LogP contribution in [0.3, 0.4) is 0 Å². The van der Waals surface area contributed by atoms with Gasteiger partial charge in [0.2, 0.25) is 0 Å². The van der Waals surface area contributed by atoms with E-state index in [1.807, 2.05) is 0 Å². The van der Waals surface area contributed by atoms with Crippen molar-refractivity contribution in [3.05, 3.63) is 0 Å². The summed E-state index contributed by atoms with van der Waals surface area (Å²) in [5.41, 5.74) is 0.302. The van der Waals surface area contributed by atoms with Crippen molar-refractivity contribution in [2.24, 2.45) is 29.1 Å². The van der Waals surface area contributed by atoms with Crippen molar-refractivity contribution in [3.63, 3.8) is 0 Å². The Morgan fingerprint density at radius 3 is 2.70 bits per heavy atom. The fraction of sp³-hybridized carbons (Fsp3) is 0.947. The van der Waals surface area contributed by atoms with E-state index in [4.69, 9.17) is 0 Å². The molecule has 0 aromatic rings. The third-order valence-corrected chi connectivity index (χ3v) is 6.72. The average molecular weight is 330 g/mol. The lowest BCUT2D eigenvalue weighted by molar-refractivity contribution is -0.173. The van der Waals surface area contributed by atoms with Crippen molar-refractivity contribution < 1.29 is 18.3 Å². The first kappa shape index (κ1) is 18.7. The molecule has 0 amide bonds. The van der Waals surface area contributed by atoms with Gasteiger partial charge in [-0.2, -0.15) is 8.78 Å². The first-order chi connectivity index (χ1) is 10.7. The van der Waals surface area contributed by atoms with Crippen LogP contribution in [0.4, 0.5) is 8.78 Å². The molecule has 2 aliphatic rings. The highest BCUT2D eigenvalue weighted by molar-refractivity contribution is 5.77. The second-order valence-electron chi connectivity index (χ2n) is 8.11. The number of ether oxygens (including phenoxy) is 1. The van der Waals surface area contributed by atoms with Crippen LogP contribution in [0.15, 0.2) is 0 Å². The number of hydrogen-bond donors (Lipinski definition) is 0. The molecule has 134 valence electrons. The molecule has 0 spiro atoms. The van der Waals surface area contributed by atoms with Crippen molar-refractivity contribution in [2.45, 2.75) is 78.6 Å². The molecule has 2 nitrogen and oxygen atoms in total. The molecule has 0 N–H and O–H groups in total. The van der Waals surface area contributed by atoms with Gasteiger partial charge in [0.05, 0.1) is 6.61 Å². The van der Waals surface area contributed by atoms with Crippen molar-refractivity contribution in [3.8, 4) is 0 Å². The number of carbonyl (C=O) groups excluding carboxylic acids is 1. The van der Waals surface area contributed by atoms with E-state index in [1.165, 1.54) is 25.7 Å². The lowest BCUT2D eigenvalue weighted by Gasteiger charge is -2.46. The van der Waals surface area contributed by atoms with E-state index in [0.29, 0.717) is 17.8 Å². The minimum atomic E-state index is -3.34. The number of halogens is 2. The Morgan fingerprint density at radius 1 is 1.35 bits per heavy atom. The smallest absolute Gasteiger partial charge is 0.376 e. The van der Waals surface area contributed by atoms with Gasteiger partial charge in [-0.15, -0.1) is 0 Å². The third kappa shape index (κ3) is 3.71. The zero-order chi connectivity index (χ0) is 17.3. The Balaban J connectivity index is 1.96. The second kappa shape index (κ2) is 7.06. The fourth-order valence-corrected chi connectivity index (χ4v) is 5.49. The monoisotopic (exact) mass is 330 g/mol. The second-order valence-corrected chi connectivity index (χ2v) is 8.11. The lowest BCUT2D eigenvalue weighted by Crippen LogP contribution is -2.39. The van der Waals surface area contributed by atoms with Gasteiger partial charge in [-0.25, -0.2) is 4.79 Å². The molecule has 3 unspecified atom stereocenters. The van der Waals surface area contributed by atoms with Crippen LogP contribution in [0.2, 0.25) is 0 Å². The average Bonchev–Trinajstić information content (AvgIpc) is 2.84. The first-order valence-corrected chi connectivity index (χ1v) is 9.27. The number of alkyl halides is 2. The quantitative estimate of drug-likeness (QED) is 0.605. The highest BCUT2D eigenvalue weighted by Gasteiger charge is 2.51. The van der Waals surface area contributed by atoms with Crippen LogP contribution in [0.1, 0.15) is 72.6 Å². The predicted octanol–water partition coefficient (Wildman–Crippen LogP) is 5.45. The molecule has 2 saturated carbocycles. The minimum Gasteiger partial charge on any atom is -0.462 e. The highest BCUT2D eigenvalue weighted by Crippen LogP contribution is 2.59. The van der Waals surface area contributed by atoms with E-state index in [0.717, 1.165) is 18.3 Å². The standard InChI is InChI=1S/C19H32F2O2/c1-5-23-17(22)19(20,21)12-10-14(3)16-9-8-15-13(2)7-6-11-18(15,16)4/h13-16H,5-12H2,1-4H3/t13-,14?,15?,16?,18-/m0/s1. The highest BCUT2D eigenvalue weighted by atomic mass is 19.3. The van der Waals surface area contributed by atoms with Crippen LogP contribution >= 0.6 is 0 Å². The molecule has 0 bridgehead atoms. The van der Waals surface area contributed by atoms with E-state index < -0.39 is 11.9 Å². The molecule has 0 radical (unpaired) electrons. The van der Waals surface area contributed by atoms with E-state index in [2.05, 4.69) is 25.5 Å². The Bertz CT molecular complexity index is 424. The predicted molar refractivity (Wildman–Crippen MR) is 87.3 cm³/mol. The van der Waals surface area contributed by atoms with Gasteiger partial charge in [0, 0.05) is 6.42 Å². The zero-order valence-corrected chi connectivity index (χ0v) is 15.0. The Labute approximate surface area is 139 Å². The van der Waals surface area contributed by atoms with Crippen LogP contribution in [0, 0.1) is 29.1 Å². The van der Waals surface area contributed by atoms with E-state index >= 15 is 0 Å². The molecule has 23 heavy (non-hydrogen) atoms. The van der Waals surface area contributed by atoms with Crippen LogP contribution in [0.5, 0.6) is 0 Å². The van der Waals surface area contributed by atoms with Crippen molar-refractivity contribution in [2.75, 3.05) is 6.61 Å². The molecule has 2 rings (SSSR count). The summed E-state index contributed by atoms with van der Waals surface area (Å²) in [4.78, 5) is 11.4. The van der Waals surface area contributed by atoms with Crippen LogP contribution in [-0.2, 0) is 9.53 Å². The molecule has 4 heteroatoms. The summed E-state index contributed by atoms with van der Waals surface area (Å²) < 4.78 is 32.2. The van der Waals surface area contributed by atoms with Crippen LogP contribution < -0.4 is 0 Å². The van der Waals surface area contributed by atoms with Gasteiger partial charge in [0.1, 0.15) is 0 Å². The molecule has 5 atom stereocenters. The molecule has 0 aliphatic heterocycles. The topological polar surface area (TPSA) is 26.3 Å². The Morgan fingerprint density at radius 2 is 2.04 bits per heavy atom. The zero-order valence-electron chi connectivity index (χ0n) is 15.0. The van der Waals surface area contributed by atoms with E-state index in [9.17, 15) is 13.6 Å². The van der Waals surface area contributed by atoms with Crippen LogP contribution in [-0.4, -0.2) is 18.5 Å². The summed E-state index contributed by atoms with van der Waals surface area (Å²) in [6, 6.07) is 0. The summed E-state index contributed by atoms with van der Waals surface area (Å²) in [5.74, 6) is -2.47. The molecular formula is C19H32F2O2. The van der Waals surface area contributed by atoms with Gasteiger partial charge in [-0.3, -0.25) is 0 Å². The number of fused-ring (bicyclic) bond motifs is 1. The molecule has 0 heterocycles. The third-order valence-electron chi connectivity index (χ3n) is 6.72. The largest absolute Gasteiger partial charge is 0.462 e. The Hall–Kier alpha value is -0.670. The summed E-state index contributed by atoms with van der Waals surface area (Å²) in [5, 5.41) is 0. The van der Waals surface area contributed by atoms with Gasteiger partial charge >= 0.3 is 11.9 Å². The normalized spacial score (nSPS) is 35.7. The maximum Gasteiger partial charge on any atom is 0.376 e. The fourth-order valence-electron chi connectivity index (χ4n) is 5.49. The SMILES string of the molecule is CCOC(=O)C(F)(F)CCC(C)C1CCC2[C@@H](C)CCC[C@]12C. The van der Waals surface area contributed by atoms with Crippen molar-refractivity contribution in [1.82, 2.24) is 0 Å². The maximum absolute atomic E-state index is 13.9. The number of carbonyl (C=O) groups is 1. The summed E-state index contributed by atoms with van der Waals surface area (Å²) in [7, 11) is 0. The number of rotatable bonds is 6. The van der Waals surface area contributed by atoms with Gasteiger partial charge in [-0.05, 0) is 61.7 Å². The molecule has 0 saturated heterocycles. The first-order valence-electron chi connectivity index (χ1n) is 9.27. The van der Waals surface area contributed by atoms with E-state index in [1.54, 1.807) is 6.92 Å². The van der Waals surface area contributed by atoms with E-state index in [-0.39, 0.29) is 18.9 Å². The summed E-state index contributed by atoms with van der Waals surface area (Å²) in [6.07, 6.45) is 6.19. The van der Waals surface area contributed by atoms with Gasteiger partial charge < -0.3 is 4.74 Å². The summed E-state index contributed by atoms with van der Waals surface area (Å²) in [6.45, 7) is 8.39. The summed E-state index contributed by atoms with van der Waals surface area (Å²) >= 11 is 0. The molecular weight excluding hydrogens is 298 g/mol. The Kier molecular flexibility index (Phi) is 5.73. The molecule has 2 aliphatic carbocycles. The molecule has 0 aromatic carbocycles. The number of hydrogen-bond acceptors (Lipinski definition) is 2. The van der Waals surface area contributed by atoms with Gasteiger partial charge in [0.15, 0.2) is 0 Å². The lowest BCUT2D eigenvalue weighted by atomic mass is 9.59. The molecule has 2 fully saturated rings. The van der Waals surface area contributed by atoms with Gasteiger partial charge in [0.25, 0.3) is 0 Å². The van der Waals surface area contributed by atoms with Crippen LogP contribution in [0.25, 0.3) is 0 Å². The minimum absolute atomic E-state index is 0.00421. The maximum atomic E-state index is 13.9. The number of esters is 1. The van der Waals surface area contributed by atoms with Gasteiger partial charge in [-0.1, -0.05) is 33.6 Å².